The van der Waals surface area contributed by atoms with E-state index >= 15 is 0 Å². The molecule has 1 aliphatic rings. The van der Waals surface area contributed by atoms with Crippen molar-refractivity contribution in [3.05, 3.63) is 36.0 Å². The number of amides is 1. The second kappa shape index (κ2) is 5.73. The number of benzene rings is 1. The maximum atomic E-state index is 12.6. The predicted molar refractivity (Wildman–Crippen MR) is 85.2 cm³/mol. The van der Waals surface area contributed by atoms with Crippen molar-refractivity contribution in [1.29, 1.82) is 0 Å². The maximum Gasteiger partial charge on any atom is 0.270 e. The minimum Gasteiger partial charge on any atom is -0.351 e. The number of H-pyrrole nitrogens is 1. The number of likely N-dealkylation sites (tertiary alicyclic amines) is 1. The van der Waals surface area contributed by atoms with Gasteiger partial charge in [0.1, 0.15) is 5.69 Å². The normalized spacial score (nSPS) is 19.5. The Morgan fingerprint density at radius 2 is 2.14 bits per heavy atom. The van der Waals surface area contributed by atoms with Gasteiger partial charge in [-0.25, -0.2) is 13.1 Å². The van der Waals surface area contributed by atoms with E-state index in [0.717, 1.165) is 30.0 Å². The Balaban J connectivity index is 1.76. The first-order valence-corrected chi connectivity index (χ1v) is 9.16. The van der Waals surface area contributed by atoms with Crippen molar-refractivity contribution in [3.8, 4) is 0 Å². The zero-order valence-corrected chi connectivity index (χ0v) is 13.2. The third kappa shape index (κ3) is 3.31. The highest BCUT2D eigenvalue weighted by Crippen LogP contribution is 2.18. The van der Waals surface area contributed by atoms with E-state index in [-0.39, 0.29) is 11.9 Å². The summed E-state index contributed by atoms with van der Waals surface area (Å²) in [5.74, 6) is -0.0869. The SMILES string of the molecule is CS(=O)(=O)N[C@@H]1CCCN(C(=O)c2cc3ccccc3[nH]2)C1. The average Bonchev–Trinajstić information content (AvgIpc) is 2.88. The summed E-state index contributed by atoms with van der Waals surface area (Å²) in [6.07, 6.45) is 2.69. The second-order valence-electron chi connectivity index (χ2n) is 5.75. The summed E-state index contributed by atoms with van der Waals surface area (Å²) in [6, 6.07) is 9.35. The second-order valence-corrected chi connectivity index (χ2v) is 7.53. The Hall–Kier alpha value is -1.86. The Labute approximate surface area is 129 Å². The minimum absolute atomic E-state index is 0.0869. The van der Waals surface area contributed by atoms with Gasteiger partial charge in [0.2, 0.25) is 10.0 Å². The highest BCUT2D eigenvalue weighted by molar-refractivity contribution is 7.88. The molecule has 1 aromatic heterocycles. The van der Waals surface area contributed by atoms with E-state index in [2.05, 4.69) is 9.71 Å². The van der Waals surface area contributed by atoms with Crippen molar-refractivity contribution in [3.63, 3.8) is 0 Å². The molecule has 2 aromatic rings. The van der Waals surface area contributed by atoms with E-state index < -0.39 is 10.0 Å². The quantitative estimate of drug-likeness (QED) is 0.894. The summed E-state index contributed by atoms with van der Waals surface area (Å²) in [6.45, 7) is 1.05. The number of para-hydroxylation sites is 1. The summed E-state index contributed by atoms with van der Waals surface area (Å²) < 4.78 is 25.3. The molecule has 2 N–H and O–H groups in total. The molecule has 1 amide bonds. The van der Waals surface area contributed by atoms with Gasteiger partial charge in [0.15, 0.2) is 0 Å². The molecule has 6 nitrogen and oxygen atoms in total. The molecule has 0 spiro atoms. The van der Waals surface area contributed by atoms with Crippen LogP contribution in [-0.2, 0) is 10.0 Å². The molecule has 22 heavy (non-hydrogen) atoms. The molecule has 0 aliphatic carbocycles. The predicted octanol–water partition coefficient (Wildman–Crippen LogP) is 1.32. The zero-order chi connectivity index (χ0) is 15.7. The fraction of sp³-hybridized carbons (Fsp3) is 0.400. The number of carbonyl (C=O) groups is 1. The first-order chi connectivity index (χ1) is 10.4. The number of fused-ring (bicyclic) bond motifs is 1. The lowest BCUT2D eigenvalue weighted by Crippen LogP contribution is -2.49. The van der Waals surface area contributed by atoms with Crippen LogP contribution >= 0.6 is 0 Å². The third-order valence-corrected chi connectivity index (χ3v) is 4.61. The summed E-state index contributed by atoms with van der Waals surface area (Å²) in [7, 11) is -3.25. The van der Waals surface area contributed by atoms with E-state index in [9.17, 15) is 13.2 Å². The van der Waals surface area contributed by atoms with Crippen molar-refractivity contribution in [2.45, 2.75) is 18.9 Å². The Bertz CT molecular complexity index is 764. The monoisotopic (exact) mass is 321 g/mol. The van der Waals surface area contributed by atoms with Gasteiger partial charge in [-0.2, -0.15) is 0 Å². The molecule has 1 atom stereocenters. The van der Waals surface area contributed by atoms with E-state index in [1.807, 2.05) is 30.3 Å². The Morgan fingerprint density at radius 3 is 2.86 bits per heavy atom. The number of sulfonamides is 1. The summed E-state index contributed by atoms with van der Waals surface area (Å²) in [5, 5.41) is 0.994. The number of aromatic amines is 1. The highest BCUT2D eigenvalue weighted by Gasteiger charge is 2.26. The molecule has 1 fully saturated rings. The van der Waals surface area contributed by atoms with Gasteiger partial charge in [-0.05, 0) is 25.0 Å². The fourth-order valence-corrected chi connectivity index (χ4v) is 3.72. The maximum absolute atomic E-state index is 12.6. The number of nitrogens with one attached hydrogen (secondary N) is 2. The van der Waals surface area contributed by atoms with Gasteiger partial charge in [0, 0.05) is 30.0 Å². The molecule has 3 rings (SSSR count). The van der Waals surface area contributed by atoms with Crippen molar-refractivity contribution < 1.29 is 13.2 Å². The van der Waals surface area contributed by atoms with Crippen LogP contribution in [0.2, 0.25) is 0 Å². The Kier molecular flexibility index (Phi) is 3.92. The molecule has 0 saturated carbocycles. The van der Waals surface area contributed by atoms with Gasteiger partial charge < -0.3 is 9.88 Å². The number of carbonyl (C=O) groups excluding carboxylic acids is 1. The van der Waals surface area contributed by atoms with Crippen LogP contribution < -0.4 is 4.72 Å². The lowest BCUT2D eigenvalue weighted by Gasteiger charge is -2.32. The van der Waals surface area contributed by atoms with Crippen LogP contribution in [0, 0.1) is 0 Å². The largest absolute Gasteiger partial charge is 0.351 e. The standard InChI is InChI=1S/C15H19N3O3S/c1-22(20,21)17-12-6-4-8-18(10-12)15(19)14-9-11-5-2-3-7-13(11)16-14/h2-3,5,7,9,12,16-17H,4,6,8,10H2,1H3/t12-/m1/s1. The summed E-state index contributed by atoms with van der Waals surface area (Å²) >= 11 is 0. The molecular formula is C15H19N3O3S. The topological polar surface area (TPSA) is 82.3 Å². The number of hydrogen-bond donors (Lipinski definition) is 2. The van der Waals surface area contributed by atoms with Crippen molar-refractivity contribution in [2.75, 3.05) is 19.3 Å². The van der Waals surface area contributed by atoms with Crippen LogP contribution in [0.4, 0.5) is 0 Å². The molecule has 1 aromatic carbocycles. The van der Waals surface area contributed by atoms with Crippen LogP contribution in [-0.4, -0.2) is 49.6 Å². The number of piperidine rings is 1. The minimum atomic E-state index is -3.25. The van der Waals surface area contributed by atoms with Crippen LogP contribution in [0.3, 0.4) is 0 Å². The van der Waals surface area contributed by atoms with Crippen LogP contribution in [0.1, 0.15) is 23.3 Å². The smallest absolute Gasteiger partial charge is 0.270 e. The van der Waals surface area contributed by atoms with Crippen LogP contribution in [0.15, 0.2) is 30.3 Å². The van der Waals surface area contributed by atoms with E-state index in [0.29, 0.717) is 18.8 Å². The van der Waals surface area contributed by atoms with Gasteiger partial charge in [-0.3, -0.25) is 4.79 Å². The van der Waals surface area contributed by atoms with Gasteiger partial charge in [-0.1, -0.05) is 18.2 Å². The van der Waals surface area contributed by atoms with Crippen LogP contribution in [0.5, 0.6) is 0 Å². The van der Waals surface area contributed by atoms with Crippen molar-refractivity contribution in [1.82, 2.24) is 14.6 Å². The number of hydrogen-bond acceptors (Lipinski definition) is 3. The molecule has 1 saturated heterocycles. The lowest BCUT2D eigenvalue weighted by atomic mass is 10.1. The zero-order valence-electron chi connectivity index (χ0n) is 12.4. The van der Waals surface area contributed by atoms with Gasteiger partial charge in [-0.15, -0.1) is 0 Å². The van der Waals surface area contributed by atoms with Crippen molar-refractivity contribution in [2.24, 2.45) is 0 Å². The fourth-order valence-electron chi connectivity index (χ4n) is 2.92. The molecule has 7 heteroatoms. The lowest BCUT2D eigenvalue weighted by molar-refractivity contribution is 0.0698. The van der Waals surface area contributed by atoms with E-state index in [1.54, 1.807) is 4.90 Å². The van der Waals surface area contributed by atoms with Crippen molar-refractivity contribution >= 4 is 26.8 Å². The Morgan fingerprint density at radius 1 is 1.36 bits per heavy atom. The molecule has 0 radical (unpaired) electrons. The number of rotatable bonds is 3. The van der Waals surface area contributed by atoms with E-state index in [4.69, 9.17) is 0 Å². The molecule has 0 unspecified atom stereocenters. The molecule has 1 aliphatic heterocycles. The first-order valence-electron chi connectivity index (χ1n) is 7.27. The molecule has 118 valence electrons. The molecular weight excluding hydrogens is 302 g/mol. The summed E-state index contributed by atoms with van der Waals surface area (Å²) in [4.78, 5) is 17.4. The van der Waals surface area contributed by atoms with Gasteiger partial charge in [0.25, 0.3) is 5.91 Å². The van der Waals surface area contributed by atoms with Gasteiger partial charge in [0.05, 0.1) is 6.26 Å². The number of aromatic nitrogens is 1. The van der Waals surface area contributed by atoms with Gasteiger partial charge >= 0.3 is 0 Å². The number of nitrogens with zero attached hydrogens (tertiary/aromatic N) is 1. The summed E-state index contributed by atoms with van der Waals surface area (Å²) in [5.41, 5.74) is 1.47. The molecule has 2 heterocycles. The average molecular weight is 321 g/mol. The first kappa shape index (κ1) is 15.1. The van der Waals surface area contributed by atoms with E-state index in [1.165, 1.54) is 0 Å². The molecule has 0 bridgehead atoms. The highest BCUT2D eigenvalue weighted by atomic mass is 32.2. The third-order valence-electron chi connectivity index (χ3n) is 3.85. The van der Waals surface area contributed by atoms with Crippen LogP contribution in [0.25, 0.3) is 10.9 Å².